The molecule has 0 spiro atoms. The van der Waals surface area contributed by atoms with E-state index in [2.05, 4.69) is 22.2 Å². The number of aromatic nitrogens is 2. The van der Waals surface area contributed by atoms with E-state index >= 15 is 0 Å². The molecule has 0 aliphatic carbocycles. The molecular weight excluding hydrogens is 294 g/mol. The maximum absolute atomic E-state index is 12.1. The first-order chi connectivity index (χ1) is 9.62. The lowest BCUT2D eigenvalue weighted by Crippen LogP contribution is -2.23. The van der Waals surface area contributed by atoms with E-state index in [-0.39, 0.29) is 5.91 Å². The summed E-state index contributed by atoms with van der Waals surface area (Å²) in [7, 11) is 0. The van der Waals surface area contributed by atoms with E-state index in [0.29, 0.717) is 17.3 Å². The van der Waals surface area contributed by atoms with Gasteiger partial charge in [-0.1, -0.05) is 25.4 Å². The Balaban J connectivity index is 2.02. The van der Waals surface area contributed by atoms with Crippen LogP contribution in [0.5, 0.6) is 0 Å². The largest absolute Gasteiger partial charge is 0.346 e. The normalized spacial score (nSPS) is 10.6. The van der Waals surface area contributed by atoms with Gasteiger partial charge >= 0.3 is 0 Å². The number of halogens is 1. The predicted molar refractivity (Wildman–Crippen MR) is 81.3 cm³/mol. The zero-order chi connectivity index (χ0) is 14.5. The minimum absolute atomic E-state index is 0.155. The van der Waals surface area contributed by atoms with Gasteiger partial charge in [-0.15, -0.1) is 11.3 Å². The second-order valence-corrected chi connectivity index (χ2v) is 5.87. The molecule has 2 rings (SSSR count). The van der Waals surface area contributed by atoms with E-state index in [9.17, 15) is 4.79 Å². The van der Waals surface area contributed by atoms with Gasteiger partial charge in [0.25, 0.3) is 5.91 Å². The summed E-state index contributed by atoms with van der Waals surface area (Å²) in [6.07, 6.45) is 3.56. The number of pyridine rings is 1. The summed E-state index contributed by atoms with van der Waals surface area (Å²) in [5.74, 6) is -0.155. The van der Waals surface area contributed by atoms with Crippen LogP contribution in [0.25, 0.3) is 0 Å². The summed E-state index contributed by atoms with van der Waals surface area (Å²) >= 11 is 7.53. The van der Waals surface area contributed by atoms with E-state index < -0.39 is 0 Å². The number of amides is 1. The average molecular weight is 310 g/mol. The van der Waals surface area contributed by atoms with Gasteiger partial charge in [0, 0.05) is 22.3 Å². The van der Waals surface area contributed by atoms with E-state index in [1.165, 1.54) is 4.88 Å². The maximum atomic E-state index is 12.1. The van der Waals surface area contributed by atoms with E-state index in [1.54, 1.807) is 23.5 Å². The molecule has 0 atom stereocenters. The molecule has 1 amide bonds. The van der Waals surface area contributed by atoms with E-state index in [0.717, 1.165) is 23.5 Å². The third-order valence-corrected chi connectivity index (χ3v) is 4.16. The molecule has 2 aromatic rings. The SMILES string of the molecule is CCc1cc(C(=O)NCc2ncc(CC)s2)cc(Cl)n1. The van der Waals surface area contributed by atoms with Gasteiger partial charge in [-0.25, -0.2) is 9.97 Å². The Kier molecular flexibility index (Phi) is 5.09. The summed E-state index contributed by atoms with van der Waals surface area (Å²) in [5, 5.41) is 4.11. The van der Waals surface area contributed by atoms with Gasteiger partial charge in [-0.2, -0.15) is 0 Å². The van der Waals surface area contributed by atoms with Gasteiger partial charge in [0.1, 0.15) is 10.2 Å². The minimum Gasteiger partial charge on any atom is -0.346 e. The fraction of sp³-hybridized carbons (Fsp3) is 0.357. The lowest BCUT2D eigenvalue weighted by molar-refractivity contribution is 0.0950. The molecular formula is C14H16ClN3OS. The summed E-state index contributed by atoms with van der Waals surface area (Å²) in [4.78, 5) is 21.7. The van der Waals surface area contributed by atoms with Crippen molar-refractivity contribution >= 4 is 28.8 Å². The topological polar surface area (TPSA) is 54.9 Å². The van der Waals surface area contributed by atoms with Crippen molar-refractivity contribution in [1.29, 1.82) is 0 Å². The number of carbonyl (C=O) groups excluding carboxylic acids is 1. The second-order valence-electron chi connectivity index (χ2n) is 4.28. The van der Waals surface area contributed by atoms with Gasteiger partial charge < -0.3 is 5.32 Å². The highest BCUT2D eigenvalue weighted by molar-refractivity contribution is 7.11. The molecule has 6 heteroatoms. The van der Waals surface area contributed by atoms with E-state index in [1.807, 2.05) is 13.1 Å². The Morgan fingerprint density at radius 2 is 2.15 bits per heavy atom. The van der Waals surface area contributed by atoms with Crippen LogP contribution in [0, 0.1) is 0 Å². The Bertz CT molecular complexity index is 612. The van der Waals surface area contributed by atoms with Crippen LogP contribution in [0.15, 0.2) is 18.3 Å². The molecule has 0 aliphatic heterocycles. The lowest BCUT2D eigenvalue weighted by Gasteiger charge is -2.05. The van der Waals surface area contributed by atoms with E-state index in [4.69, 9.17) is 11.6 Å². The van der Waals surface area contributed by atoms with Crippen LogP contribution in [-0.2, 0) is 19.4 Å². The van der Waals surface area contributed by atoms with Crippen LogP contribution in [0.1, 0.15) is 39.8 Å². The average Bonchev–Trinajstić information content (AvgIpc) is 2.92. The zero-order valence-electron chi connectivity index (χ0n) is 11.4. The zero-order valence-corrected chi connectivity index (χ0v) is 13.0. The smallest absolute Gasteiger partial charge is 0.251 e. The van der Waals surface area contributed by atoms with Gasteiger partial charge in [-0.3, -0.25) is 4.79 Å². The molecule has 0 unspecified atom stereocenters. The highest BCUT2D eigenvalue weighted by Gasteiger charge is 2.09. The molecule has 0 bridgehead atoms. The Morgan fingerprint density at radius 1 is 1.35 bits per heavy atom. The third kappa shape index (κ3) is 3.77. The first-order valence-electron chi connectivity index (χ1n) is 6.50. The van der Waals surface area contributed by atoms with Crippen LogP contribution in [0.4, 0.5) is 0 Å². The summed E-state index contributed by atoms with van der Waals surface area (Å²) in [6.45, 7) is 4.49. The quantitative estimate of drug-likeness (QED) is 0.863. The molecule has 4 nitrogen and oxygen atoms in total. The molecule has 0 aliphatic rings. The molecule has 2 heterocycles. The van der Waals surface area contributed by atoms with Gasteiger partial charge in [0.05, 0.1) is 6.54 Å². The number of aryl methyl sites for hydroxylation is 2. The molecule has 0 saturated heterocycles. The first-order valence-corrected chi connectivity index (χ1v) is 7.70. The number of carbonyl (C=O) groups is 1. The molecule has 0 aromatic carbocycles. The Hall–Kier alpha value is -1.46. The van der Waals surface area contributed by atoms with Crippen molar-refractivity contribution in [2.75, 3.05) is 0 Å². The maximum Gasteiger partial charge on any atom is 0.251 e. The van der Waals surface area contributed by atoms with Crippen molar-refractivity contribution in [3.05, 3.63) is 44.6 Å². The molecule has 20 heavy (non-hydrogen) atoms. The number of hydrogen-bond acceptors (Lipinski definition) is 4. The van der Waals surface area contributed by atoms with Crippen molar-refractivity contribution in [2.45, 2.75) is 33.2 Å². The molecule has 1 N–H and O–H groups in total. The summed E-state index contributed by atoms with van der Waals surface area (Å²) in [6, 6.07) is 3.34. The van der Waals surface area contributed by atoms with Crippen LogP contribution in [0.2, 0.25) is 5.15 Å². The fourth-order valence-electron chi connectivity index (χ4n) is 1.71. The van der Waals surface area contributed by atoms with Crippen molar-refractivity contribution < 1.29 is 4.79 Å². The first kappa shape index (κ1) is 14.9. The fourth-order valence-corrected chi connectivity index (χ4v) is 2.74. The Labute approximate surface area is 127 Å². The molecule has 106 valence electrons. The van der Waals surface area contributed by atoms with Crippen LogP contribution >= 0.6 is 22.9 Å². The van der Waals surface area contributed by atoms with Gasteiger partial charge in [-0.05, 0) is 25.0 Å². The van der Waals surface area contributed by atoms with Crippen molar-refractivity contribution in [1.82, 2.24) is 15.3 Å². The number of thiazole rings is 1. The van der Waals surface area contributed by atoms with Crippen LogP contribution in [-0.4, -0.2) is 15.9 Å². The predicted octanol–water partition coefficient (Wildman–Crippen LogP) is 3.25. The van der Waals surface area contributed by atoms with Crippen molar-refractivity contribution in [2.24, 2.45) is 0 Å². The number of nitrogens with one attached hydrogen (secondary N) is 1. The molecule has 0 saturated carbocycles. The summed E-state index contributed by atoms with van der Waals surface area (Å²) in [5.41, 5.74) is 1.35. The molecule has 2 aromatic heterocycles. The number of nitrogens with zero attached hydrogens (tertiary/aromatic N) is 2. The minimum atomic E-state index is -0.155. The highest BCUT2D eigenvalue weighted by atomic mass is 35.5. The third-order valence-electron chi connectivity index (χ3n) is 2.82. The summed E-state index contributed by atoms with van der Waals surface area (Å²) < 4.78 is 0. The Morgan fingerprint density at radius 3 is 2.80 bits per heavy atom. The second kappa shape index (κ2) is 6.81. The molecule has 0 fully saturated rings. The standard InChI is InChI=1S/C14H16ClN3OS/c1-3-10-5-9(6-12(15)18-10)14(19)17-8-13-16-7-11(4-2)20-13/h5-7H,3-4,8H2,1-2H3,(H,17,19). The van der Waals surface area contributed by atoms with Gasteiger partial charge in [0.15, 0.2) is 0 Å². The van der Waals surface area contributed by atoms with Crippen LogP contribution < -0.4 is 5.32 Å². The van der Waals surface area contributed by atoms with Gasteiger partial charge in [0.2, 0.25) is 0 Å². The monoisotopic (exact) mass is 309 g/mol. The van der Waals surface area contributed by atoms with Crippen molar-refractivity contribution in [3.8, 4) is 0 Å². The lowest BCUT2D eigenvalue weighted by atomic mass is 10.2. The molecule has 0 radical (unpaired) electrons. The highest BCUT2D eigenvalue weighted by Crippen LogP contribution is 2.14. The number of rotatable bonds is 5. The number of hydrogen-bond donors (Lipinski definition) is 1. The van der Waals surface area contributed by atoms with Crippen LogP contribution in [0.3, 0.4) is 0 Å². The van der Waals surface area contributed by atoms with Crippen molar-refractivity contribution in [3.63, 3.8) is 0 Å².